The first-order valence-electron chi connectivity index (χ1n) is 7.53. The van der Waals surface area contributed by atoms with E-state index in [9.17, 15) is 9.90 Å². The van der Waals surface area contributed by atoms with Crippen LogP contribution in [0.25, 0.3) is 0 Å². The van der Waals surface area contributed by atoms with Crippen LogP contribution in [0.2, 0.25) is 0 Å². The van der Waals surface area contributed by atoms with Crippen LogP contribution in [0.4, 0.5) is 11.4 Å². The summed E-state index contributed by atoms with van der Waals surface area (Å²) < 4.78 is 5.03. The van der Waals surface area contributed by atoms with E-state index >= 15 is 0 Å². The Balaban J connectivity index is 3.20. The molecule has 0 saturated carbocycles. The van der Waals surface area contributed by atoms with Gasteiger partial charge in [-0.2, -0.15) is 0 Å². The lowest BCUT2D eigenvalue weighted by Gasteiger charge is -2.33. The predicted molar refractivity (Wildman–Crippen MR) is 85.6 cm³/mol. The molecule has 0 aromatic heterocycles. The van der Waals surface area contributed by atoms with Crippen LogP contribution in [0.5, 0.6) is 0 Å². The molecular weight excluding hydrogens is 268 g/mol. The predicted octanol–water partition coefficient (Wildman–Crippen LogP) is 2.43. The van der Waals surface area contributed by atoms with Crippen LogP contribution in [0, 0.1) is 0 Å². The smallest absolute Gasteiger partial charge is 0.340 e. The molecule has 0 amide bonds. The second-order valence-corrected chi connectivity index (χ2v) is 4.85. The first kappa shape index (κ1) is 17.3. The minimum Gasteiger partial charge on any atom is -0.462 e. The quantitative estimate of drug-likeness (QED) is 0.569. The molecule has 1 rings (SSSR count). The van der Waals surface area contributed by atoms with E-state index in [1.165, 1.54) is 0 Å². The van der Waals surface area contributed by atoms with Crippen LogP contribution < -0.4 is 10.6 Å². The minimum atomic E-state index is -0.412. The molecule has 0 bridgehead atoms. The molecule has 0 spiro atoms. The number of carbonyl (C=O) groups is 1. The number of nitrogens with zero attached hydrogens (tertiary/aromatic N) is 1. The Hall–Kier alpha value is -1.75. The number of carbonyl (C=O) groups excluding carboxylic acids is 1. The van der Waals surface area contributed by atoms with Gasteiger partial charge >= 0.3 is 5.97 Å². The zero-order valence-electron chi connectivity index (χ0n) is 13.1. The third kappa shape index (κ3) is 4.11. The summed E-state index contributed by atoms with van der Waals surface area (Å²) in [6.45, 7) is 6.81. The van der Waals surface area contributed by atoms with Gasteiger partial charge in [0.25, 0.3) is 0 Å². The highest BCUT2D eigenvalue weighted by molar-refractivity contribution is 5.98. The van der Waals surface area contributed by atoms with E-state index < -0.39 is 5.97 Å². The van der Waals surface area contributed by atoms with Gasteiger partial charge in [-0.05, 0) is 31.9 Å². The summed E-state index contributed by atoms with van der Waals surface area (Å²) in [5, 5.41) is 9.32. The minimum absolute atomic E-state index is 0.0412. The maximum Gasteiger partial charge on any atom is 0.340 e. The molecule has 0 aliphatic rings. The summed E-state index contributed by atoms with van der Waals surface area (Å²) in [6.07, 6.45) is 1.89. The molecule has 1 aromatic rings. The zero-order valence-corrected chi connectivity index (χ0v) is 13.1. The molecule has 0 saturated heterocycles. The second kappa shape index (κ2) is 8.52. The number of nitrogens with two attached hydrogens (primary N) is 1. The Morgan fingerprint density at radius 3 is 2.52 bits per heavy atom. The van der Waals surface area contributed by atoms with Gasteiger partial charge in [0.2, 0.25) is 0 Å². The number of hydrogen-bond donors (Lipinski definition) is 2. The summed E-state index contributed by atoms with van der Waals surface area (Å²) in [5.74, 6) is -0.412. The molecule has 0 heterocycles. The van der Waals surface area contributed by atoms with Crippen LogP contribution in [0.15, 0.2) is 18.2 Å². The Labute approximate surface area is 126 Å². The Kier molecular flexibility index (Phi) is 7.02. The van der Waals surface area contributed by atoms with E-state index in [0.29, 0.717) is 24.4 Å². The van der Waals surface area contributed by atoms with Crippen LogP contribution in [0.3, 0.4) is 0 Å². The highest BCUT2D eigenvalue weighted by atomic mass is 16.5. The van der Waals surface area contributed by atoms with Crippen LogP contribution in [-0.4, -0.2) is 36.9 Å². The van der Waals surface area contributed by atoms with E-state index in [2.05, 4.69) is 18.7 Å². The van der Waals surface area contributed by atoms with Crippen molar-refractivity contribution in [3.05, 3.63) is 23.8 Å². The molecule has 5 nitrogen and oxygen atoms in total. The van der Waals surface area contributed by atoms with Crippen molar-refractivity contribution in [2.24, 2.45) is 0 Å². The van der Waals surface area contributed by atoms with Crippen molar-refractivity contribution in [2.75, 3.05) is 30.4 Å². The van der Waals surface area contributed by atoms with Crippen molar-refractivity contribution >= 4 is 17.3 Å². The van der Waals surface area contributed by atoms with Gasteiger partial charge in [-0.3, -0.25) is 0 Å². The van der Waals surface area contributed by atoms with Crippen LogP contribution in [-0.2, 0) is 4.74 Å². The normalized spacial score (nSPS) is 10.7. The standard InChI is InChI=1S/C16H26N2O3/c1-4-12(5-2)18(10-11-19)14-9-7-8-13(15(14)17)16(20)21-6-3/h7-9,12,19H,4-6,10-11,17H2,1-3H3. The number of para-hydroxylation sites is 1. The lowest BCUT2D eigenvalue weighted by Crippen LogP contribution is -2.37. The lowest BCUT2D eigenvalue weighted by atomic mass is 10.1. The molecule has 5 heteroatoms. The van der Waals surface area contributed by atoms with Crippen molar-refractivity contribution in [2.45, 2.75) is 39.7 Å². The van der Waals surface area contributed by atoms with Gasteiger partial charge in [-0.1, -0.05) is 19.9 Å². The molecule has 118 valence electrons. The van der Waals surface area contributed by atoms with Crippen LogP contribution >= 0.6 is 0 Å². The average Bonchev–Trinajstić information content (AvgIpc) is 2.48. The van der Waals surface area contributed by atoms with Gasteiger partial charge in [-0.15, -0.1) is 0 Å². The fourth-order valence-electron chi connectivity index (χ4n) is 2.53. The summed E-state index contributed by atoms with van der Waals surface area (Å²) >= 11 is 0. The maximum absolute atomic E-state index is 11.9. The molecule has 3 N–H and O–H groups in total. The second-order valence-electron chi connectivity index (χ2n) is 4.85. The Morgan fingerprint density at radius 1 is 1.33 bits per heavy atom. The number of esters is 1. The highest BCUT2D eigenvalue weighted by Crippen LogP contribution is 2.30. The van der Waals surface area contributed by atoms with Crippen molar-refractivity contribution in [3.8, 4) is 0 Å². The monoisotopic (exact) mass is 294 g/mol. The fourth-order valence-corrected chi connectivity index (χ4v) is 2.53. The first-order chi connectivity index (χ1) is 10.1. The molecule has 21 heavy (non-hydrogen) atoms. The van der Waals surface area contributed by atoms with Gasteiger partial charge in [0, 0.05) is 12.6 Å². The summed E-state index contributed by atoms with van der Waals surface area (Å²) in [4.78, 5) is 14.0. The number of nitrogen functional groups attached to an aromatic ring is 1. The third-order valence-corrected chi connectivity index (χ3v) is 3.61. The summed E-state index contributed by atoms with van der Waals surface area (Å²) in [7, 11) is 0. The summed E-state index contributed by atoms with van der Waals surface area (Å²) in [6, 6.07) is 5.62. The van der Waals surface area contributed by atoms with E-state index in [4.69, 9.17) is 10.5 Å². The summed E-state index contributed by atoms with van der Waals surface area (Å²) in [5.41, 5.74) is 7.74. The molecule has 0 aliphatic carbocycles. The van der Waals surface area contributed by atoms with Crippen molar-refractivity contribution in [3.63, 3.8) is 0 Å². The van der Waals surface area contributed by atoms with Gasteiger partial charge in [0.1, 0.15) is 0 Å². The first-order valence-corrected chi connectivity index (χ1v) is 7.53. The van der Waals surface area contributed by atoms with Crippen LogP contribution in [0.1, 0.15) is 44.0 Å². The number of anilines is 2. The largest absolute Gasteiger partial charge is 0.462 e. The SMILES string of the molecule is CCOC(=O)c1cccc(N(CCO)C(CC)CC)c1N. The number of rotatable bonds is 8. The Bertz CT molecular complexity index is 459. The fraction of sp³-hybridized carbons (Fsp3) is 0.562. The maximum atomic E-state index is 11.9. The van der Waals surface area contributed by atoms with E-state index in [1.807, 2.05) is 6.07 Å². The molecule has 1 aromatic carbocycles. The topological polar surface area (TPSA) is 75.8 Å². The third-order valence-electron chi connectivity index (χ3n) is 3.61. The number of aliphatic hydroxyl groups excluding tert-OH is 1. The lowest BCUT2D eigenvalue weighted by molar-refractivity contribution is 0.0527. The molecule has 0 radical (unpaired) electrons. The van der Waals surface area contributed by atoms with Gasteiger partial charge in [0.05, 0.1) is 30.2 Å². The number of ether oxygens (including phenoxy) is 1. The van der Waals surface area contributed by atoms with Crippen molar-refractivity contribution < 1.29 is 14.6 Å². The molecule has 0 unspecified atom stereocenters. The molecule has 0 atom stereocenters. The molecule has 0 aliphatic heterocycles. The van der Waals surface area contributed by atoms with Gasteiger partial charge < -0.3 is 20.5 Å². The number of aliphatic hydroxyl groups is 1. The van der Waals surface area contributed by atoms with Gasteiger partial charge in [-0.25, -0.2) is 4.79 Å². The van der Waals surface area contributed by atoms with Crippen molar-refractivity contribution in [1.29, 1.82) is 0 Å². The average molecular weight is 294 g/mol. The number of hydrogen-bond acceptors (Lipinski definition) is 5. The highest BCUT2D eigenvalue weighted by Gasteiger charge is 2.21. The molecular formula is C16H26N2O3. The number of benzene rings is 1. The van der Waals surface area contributed by atoms with Gasteiger partial charge in [0.15, 0.2) is 0 Å². The Morgan fingerprint density at radius 2 is 2.00 bits per heavy atom. The van der Waals surface area contributed by atoms with Crippen molar-refractivity contribution in [1.82, 2.24) is 0 Å². The molecule has 0 fully saturated rings. The zero-order chi connectivity index (χ0) is 15.8. The van der Waals surface area contributed by atoms with E-state index in [0.717, 1.165) is 18.5 Å². The van der Waals surface area contributed by atoms with E-state index in [-0.39, 0.29) is 12.6 Å². The van der Waals surface area contributed by atoms with E-state index in [1.54, 1.807) is 19.1 Å².